The third-order valence-electron chi connectivity index (χ3n) is 3.57. The van der Waals surface area contributed by atoms with Gasteiger partial charge < -0.3 is 10.6 Å². The number of anilines is 1. The zero-order chi connectivity index (χ0) is 17.7. The van der Waals surface area contributed by atoms with Crippen molar-refractivity contribution in [2.45, 2.75) is 27.7 Å². The molecule has 0 aliphatic heterocycles. The Hall–Kier alpha value is -2.69. The maximum absolute atomic E-state index is 12.4. The topological polar surface area (TPSA) is 71.1 Å². The predicted molar refractivity (Wildman–Crippen MR) is 95.3 cm³/mol. The Kier molecular flexibility index (Phi) is 5.68. The van der Waals surface area contributed by atoms with Crippen LogP contribution < -0.4 is 10.6 Å². The number of hydrogen-bond acceptors (Lipinski definition) is 3. The van der Waals surface area contributed by atoms with E-state index in [1.807, 2.05) is 45.9 Å². The summed E-state index contributed by atoms with van der Waals surface area (Å²) in [4.78, 5) is 28.6. The van der Waals surface area contributed by atoms with Gasteiger partial charge in [-0.1, -0.05) is 26.0 Å². The number of nitrogens with zero attached hydrogens (tertiary/aromatic N) is 1. The molecule has 24 heavy (non-hydrogen) atoms. The Morgan fingerprint density at radius 2 is 1.83 bits per heavy atom. The molecule has 0 saturated carbocycles. The number of aryl methyl sites for hydroxylation is 2. The smallest absolute Gasteiger partial charge is 0.274 e. The van der Waals surface area contributed by atoms with Crippen molar-refractivity contribution in [1.82, 2.24) is 10.3 Å². The molecule has 5 heteroatoms. The molecule has 2 N–H and O–H groups in total. The molecule has 2 rings (SSSR count). The number of nitrogens with one attached hydrogen (secondary N) is 2. The van der Waals surface area contributed by atoms with E-state index < -0.39 is 0 Å². The first-order valence-electron chi connectivity index (χ1n) is 7.99. The number of pyridine rings is 1. The molecule has 0 saturated heterocycles. The fourth-order valence-electron chi connectivity index (χ4n) is 2.15. The third kappa shape index (κ3) is 4.65. The summed E-state index contributed by atoms with van der Waals surface area (Å²) < 4.78 is 0. The minimum absolute atomic E-state index is 0.202. The average molecular weight is 325 g/mol. The lowest BCUT2D eigenvalue weighted by atomic mass is 10.1. The molecule has 0 bridgehead atoms. The van der Waals surface area contributed by atoms with Crippen LogP contribution in [0.25, 0.3) is 0 Å². The minimum atomic E-state index is -0.331. The molecule has 0 aliphatic rings. The van der Waals surface area contributed by atoms with Crippen molar-refractivity contribution in [3.63, 3.8) is 0 Å². The lowest BCUT2D eigenvalue weighted by Crippen LogP contribution is -2.27. The summed E-state index contributed by atoms with van der Waals surface area (Å²) in [7, 11) is 0. The highest BCUT2D eigenvalue weighted by molar-refractivity contribution is 6.05. The molecular formula is C19H23N3O2. The van der Waals surface area contributed by atoms with Crippen molar-refractivity contribution in [2.75, 3.05) is 11.9 Å². The fraction of sp³-hybridized carbons (Fsp3) is 0.316. The van der Waals surface area contributed by atoms with Crippen LogP contribution in [0.2, 0.25) is 0 Å². The molecule has 2 aromatic rings. The Morgan fingerprint density at radius 3 is 2.54 bits per heavy atom. The summed E-state index contributed by atoms with van der Waals surface area (Å²) in [6, 6.07) is 8.96. The molecule has 5 nitrogen and oxygen atoms in total. The summed E-state index contributed by atoms with van der Waals surface area (Å²) in [6.45, 7) is 8.53. The number of aromatic nitrogens is 1. The van der Waals surface area contributed by atoms with Gasteiger partial charge >= 0.3 is 0 Å². The molecule has 1 aromatic carbocycles. The van der Waals surface area contributed by atoms with Crippen molar-refractivity contribution in [3.8, 4) is 0 Å². The molecule has 0 atom stereocenters. The van der Waals surface area contributed by atoms with E-state index in [0.717, 1.165) is 16.8 Å². The van der Waals surface area contributed by atoms with Crippen molar-refractivity contribution in [2.24, 2.45) is 5.92 Å². The average Bonchev–Trinajstić information content (AvgIpc) is 2.56. The Bertz CT molecular complexity index is 754. The van der Waals surface area contributed by atoms with Gasteiger partial charge in [0.2, 0.25) is 0 Å². The molecule has 0 spiro atoms. The Morgan fingerprint density at radius 1 is 1.08 bits per heavy atom. The van der Waals surface area contributed by atoms with Crippen molar-refractivity contribution in [1.29, 1.82) is 0 Å². The van der Waals surface area contributed by atoms with Gasteiger partial charge in [-0.3, -0.25) is 14.6 Å². The SMILES string of the molecule is Cc1ccc(C)c(NC(=O)c2cc(C(=O)NCC(C)C)ccn2)c1. The molecule has 126 valence electrons. The van der Waals surface area contributed by atoms with Crippen LogP contribution in [0.4, 0.5) is 5.69 Å². The number of carbonyl (C=O) groups is 2. The van der Waals surface area contributed by atoms with E-state index in [-0.39, 0.29) is 17.5 Å². The molecular weight excluding hydrogens is 302 g/mol. The van der Waals surface area contributed by atoms with Crippen molar-refractivity contribution in [3.05, 3.63) is 58.9 Å². The largest absolute Gasteiger partial charge is 0.352 e. The van der Waals surface area contributed by atoms with Gasteiger partial charge in [-0.05, 0) is 49.1 Å². The molecule has 0 aliphatic carbocycles. The standard InChI is InChI=1S/C19H23N3O2/c1-12(2)11-21-18(23)15-7-8-20-17(10-15)19(24)22-16-9-13(3)5-6-14(16)4/h5-10,12H,11H2,1-4H3,(H,21,23)(H,22,24). The fourth-order valence-corrected chi connectivity index (χ4v) is 2.15. The van der Waals surface area contributed by atoms with Crippen LogP contribution in [-0.2, 0) is 0 Å². The maximum atomic E-state index is 12.4. The second kappa shape index (κ2) is 7.73. The monoisotopic (exact) mass is 325 g/mol. The minimum Gasteiger partial charge on any atom is -0.352 e. The van der Waals surface area contributed by atoms with Crippen LogP contribution in [0, 0.1) is 19.8 Å². The van der Waals surface area contributed by atoms with Gasteiger partial charge in [0.15, 0.2) is 0 Å². The summed E-state index contributed by atoms with van der Waals surface area (Å²) in [5.41, 5.74) is 3.42. The van der Waals surface area contributed by atoms with Crippen molar-refractivity contribution >= 4 is 17.5 Å². The summed E-state index contributed by atoms with van der Waals surface area (Å²) >= 11 is 0. The molecule has 1 aromatic heterocycles. The highest BCUT2D eigenvalue weighted by Gasteiger charge is 2.13. The molecule has 0 unspecified atom stereocenters. The Labute approximate surface area is 142 Å². The quantitative estimate of drug-likeness (QED) is 0.885. The lowest BCUT2D eigenvalue weighted by molar-refractivity contribution is 0.0949. The molecule has 2 amide bonds. The van der Waals surface area contributed by atoms with Gasteiger partial charge in [-0.25, -0.2) is 0 Å². The van der Waals surface area contributed by atoms with Gasteiger partial charge in [-0.2, -0.15) is 0 Å². The third-order valence-corrected chi connectivity index (χ3v) is 3.57. The van der Waals surface area contributed by atoms with Gasteiger partial charge in [0.05, 0.1) is 0 Å². The van der Waals surface area contributed by atoms with Gasteiger partial charge in [0.1, 0.15) is 5.69 Å². The zero-order valence-electron chi connectivity index (χ0n) is 14.5. The van der Waals surface area contributed by atoms with E-state index in [4.69, 9.17) is 0 Å². The summed E-state index contributed by atoms with van der Waals surface area (Å²) in [6.07, 6.45) is 1.47. The van der Waals surface area contributed by atoms with Crippen LogP contribution in [0.15, 0.2) is 36.5 Å². The van der Waals surface area contributed by atoms with E-state index >= 15 is 0 Å². The number of rotatable bonds is 5. The van der Waals surface area contributed by atoms with E-state index in [1.54, 1.807) is 6.07 Å². The van der Waals surface area contributed by atoms with Crippen LogP contribution in [-0.4, -0.2) is 23.3 Å². The number of hydrogen-bond donors (Lipinski definition) is 2. The van der Waals surface area contributed by atoms with Crippen molar-refractivity contribution < 1.29 is 9.59 Å². The van der Waals surface area contributed by atoms with Gasteiger partial charge in [0, 0.05) is 24.0 Å². The van der Waals surface area contributed by atoms with Crippen LogP contribution in [0.5, 0.6) is 0 Å². The first-order valence-corrected chi connectivity index (χ1v) is 7.99. The second-order valence-corrected chi connectivity index (χ2v) is 6.31. The number of amides is 2. The van der Waals surface area contributed by atoms with E-state index in [2.05, 4.69) is 15.6 Å². The predicted octanol–water partition coefficient (Wildman–Crippen LogP) is 3.34. The first-order chi connectivity index (χ1) is 11.4. The van der Waals surface area contributed by atoms with Crippen LogP contribution in [0.1, 0.15) is 45.8 Å². The highest BCUT2D eigenvalue weighted by atomic mass is 16.2. The normalized spacial score (nSPS) is 10.5. The molecule has 1 heterocycles. The van der Waals surface area contributed by atoms with Gasteiger partial charge in [0.25, 0.3) is 11.8 Å². The summed E-state index contributed by atoms with van der Waals surface area (Å²) in [5, 5.41) is 5.68. The van der Waals surface area contributed by atoms with E-state index in [9.17, 15) is 9.59 Å². The van der Waals surface area contributed by atoms with Gasteiger partial charge in [-0.15, -0.1) is 0 Å². The van der Waals surface area contributed by atoms with E-state index in [1.165, 1.54) is 12.3 Å². The number of carbonyl (C=O) groups excluding carboxylic acids is 2. The highest BCUT2D eigenvalue weighted by Crippen LogP contribution is 2.17. The zero-order valence-corrected chi connectivity index (χ0v) is 14.5. The van der Waals surface area contributed by atoms with E-state index in [0.29, 0.717) is 18.0 Å². The molecule has 0 fully saturated rings. The summed E-state index contributed by atoms with van der Waals surface area (Å²) in [5.74, 6) is -0.169. The van der Waals surface area contributed by atoms with Crippen LogP contribution in [0.3, 0.4) is 0 Å². The molecule has 0 radical (unpaired) electrons. The Balaban J connectivity index is 2.14. The first kappa shape index (κ1) is 17.7. The lowest BCUT2D eigenvalue weighted by Gasteiger charge is -2.10. The second-order valence-electron chi connectivity index (χ2n) is 6.31. The van der Waals surface area contributed by atoms with Crippen LogP contribution >= 0.6 is 0 Å². The maximum Gasteiger partial charge on any atom is 0.274 e. The number of benzene rings is 1.